The van der Waals surface area contributed by atoms with E-state index >= 15 is 0 Å². The number of carboxylic acid groups (broad SMARTS) is 1. The molecule has 1 heterocycles. The van der Waals surface area contributed by atoms with Crippen molar-refractivity contribution in [1.82, 2.24) is 14.9 Å². The molecule has 0 aliphatic carbocycles. The molecule has 8 heteroatoms. The second kappa shape index (κ2) is 6.82. The van der Waals surface area contributed by atoms with Crippen molar-refractivity contribution in [1.29, 1.82) is 0 Å². The lowest BCUT2D eigenvalue weighted by atomic mass is 10.3. The Morgan fingerprint density at radius 2 is 2.24 bits per heavy atom. The summed E-state index contributed by atoms with van der Waals surface area (Å²) < 4.78 is 1.88. The Morgan fingerprint density at radius 3 is 2.90 bits per heavy atom. The number of thioether (sulfide) groups is 1. The molecule has 0 aliphatic heterocycles. The zero-order chi connectivity index (χ0) is 15.4. The van der Waals surface area contributed by atoms with Gasteiger partial charge in [0.25, 0.3) is 0 Å². The van der Waals surface area contributed by atoms with Crippen LogP contribution in [0.15, 0.2) is 23.4 Å². The van der Waals surface area contributed by atoms with E-state index in [1.165, 1.54) is 6.92 Å². The van der Waals surface area contributed by atoms with Gasteiger partial charge in [0.05, 0.1) is 16.8 Å². The minimum atomic E-state index is -0.904. The molecule has 0 aliphatic rings. The normalized spacial score (nSPS) is 10.8. The van der Waals surface area contributed by atoms with Crippen LogP contribution in [0.4, 0.5) is 0 Å². The average molecular weight is 328 g/mol. The van der Waals surface area contributed by atoms with Gasteiger partial charge in [-0.1, -0.05) is 23.4 Å². The van der Waals surface area contributed by atoms with Crippen LogP contribution in [0, 0.1) is 0 Å². The van der Waals surface area contributed by atoms with Gasteiger partial charge >= 0.3 is 5.97 Å². The average Bonchev–Trinajstić information content (AvgIpc) is 2.73. The third-order valence-corrected chi connectivity index (χ3v) is 3.91. The van der Waals surface area contributed by atoms with Gasteiger partial charge < -0.3 is 15.0 Å². The molecule has 2 aromatic rings. The smallest absolute Gasteiger partial charge is 0.313 e. The van der Waals surface area contributed by atoms with Crippen LogP contribution < -0.4 is 5.32 Å². The summed E-state index contributed by atoms with van der Waals surface area (Å²) in [6.45, 7) is 2.41. The Morgan fingerprint density at radius 1 is 1.48 bits per heavy atom. The molecule has 21 heavy (non-hydrogen) atoms. The third-order valence-electron chi connectivity index (χ3n) is 2.71. The van der Waals surface area contributed by atoms with Gasteiger partial charge in [0.15, 0.2) is 5.16 Å². The monoisotopic (exact) mass is 327 g/mol. The molecule has 0 bridgehead atoms. The maximum atomic E-state index is 10.9. The van der Waals surface area contributed by atoms with Gasteiger partial charge in [-0.15, -0.1) is 0 Å². The molecule has 0 fully saturated rings. The molecule has 112 valence electrons. The number of carboxylic acids is 1. The number of imidazole rings is 1. The summed E-state index contributed by atoms with van der Waals surface area (Å²) in [5, 5.41) is 12.7. The van der Waals surface area contributed by atoms with Crippen LogP contribution in [0.3, 0.4) is 0 Å². The lowest BCUT2D eigenvalue weighted by Crippen LogP contribution is -2.24. The number of nitrogens with zero attached hydrogens (tertiary/aromatic N) is 2. The lowest BCUT2D eigenvalue weighted by molar-refractivity contribution is -0.133. The van der Waals surface area contributed by atoms with E-state index in [4.69, 9.17) is 16.7 Å². The molecular weight excluding hydrogens is 314 g/mol. The Bertz CT molecular complexity index is 687. The molecule has 0 saturated carbocycles. The van der Waals surface area contributed by atoms with Gasteiger partial charge in [-0.2, -0.15) is 0 Å². The van der Waals surface area contributed by atoms with E-state index in [-0.39, 0.29) is 11.7 Å². The van der Waals surface area contributed by atoms with E-state index in [9.17, 15) is 9.59 Å². The summed E-state index contributed by atoms with van der Waals surface area (Å²) >= 11 is 7.09. The first-order chi connectivity index (χ1) is 9.97. The van der Waals surface area contributed by atoms with Crippen LogP contribution in [0.5, 0.6) is 0 Å². The van der Waals surface area contributed by atoms with E-state index in [1.54, 1.807) is 12.1 Å². The molecule has 0 radical (unpaired) electrons. The Hall–Kier alpha value is -1.73. The topological polar surface area (TPSA) is 84.2 Å². The maximum Gasteiger partial charge on any atom is 0.313 e. The van der Waals surface area contributed by atoms with Crippen molar-refractivity contribution in [2.75, 3.05) is 12.3 Å². The number of amides is 1. The summed E-state index contributed by atoms with van der Waals surface area (Å²) in [5.41, 5.74) is 1.57. The highest BCUT2D eigenvalue weighted by Crippen LogP contribution is 2.26. The molecule has 2 N–H and O–H groups in total. The first-order valence-corrected chi connectivity index (χ1v) is 7.58. The molecular formula is C13H14ClN3O3S. The van der Waals surface area contributed by atoms with Crippen molar-refractivity contribution in [2.24, 2.45) is 0 Å². The number of carbonyl (C=O) groups is 2. The second-order valence-corrected chi connectivity index (χ2v) is 5.72. The third kappa shape index (κ3) is 4.12. The van der Waals surface area contributed by atoms with Crippen LogP contribution in [0.2, 0.25) is 5.02 Å². The van der Waals surface area contributed by atoms with Crippen molar-refractivity contribution < 1.29 is 14.7 Å². The molecule has 0 unspecified atom stereocenters. The maximum absolute atomic E-state index is 10.9. The molecule has 2 rings (SSSR count). The predicted molar refractivity (Wildman–Crippen MR) is 81.8 cm³/mol. The number of aromatic nitrogens is 2. The van der Waals surface area contributed by atoms with Crippen molar-refractivity contribution in [3.63, 3.8) is 0 Å². The standard InChI is InChI=1S/C13H14ClN3O3S/c1-8(18)15-4-5-17-11-3-2-9(14)6-10(11)16-13(17)21-7-12(19)20/h2-3,6H,4-5,7H2,1H3,(H,15,18)(H,19,20). The van der Waals surface area contributed by atoms with Gasteiger partial charge in [-0.25, -0.2) is 4.98 Å². The van der Waals surface area contributed by atoms with Crippen molar-refractivity contribution in [3.8, 4) is 0 Å². The van der Waals surface area contributed by atoms with Crippen molar-refractivity contribution in [2.45, 2.75) is 18.6 Å². The zero-order valence-corrected chi connectivity index (χ0v) is 12.9. The van der Waals surface area contributed by atoms with Gasteiger partial charge in [0.1, 0.15) is 0 Å². The van der Waals surface area contributed by atoms with Crippen LogP contribution >= 0.6 is 23.4 Å². The van der Waals surface area contributed by atoms with E-state index < -0.39 is 5.97 Å². The van der Waals surface area contributed by atoms with Crippen molar-refractivity contribution in [3.05, 3.63) is 23.2 Å². The van der Waals surface area contributed by atoms with Crippen LogP contribution in [-0.4, -0.2) is 38.8 Å². The molecule has 0 atom stereocenters. The van der Waals surface area contributed by atoms with E-state index in [0.29, 0.717) is 28.8 Å². The number of halogens is 1. The molecule has 1 amide bonds. The number of hydrogen-bond acceptors (Lipinski definition) is 4. The minimum Gasteiger partial charge on any atom is -0.481 e. The highest BCUT2D eigenvalue weighted by Gasteiger charge is 2.13. The summed E-state index contributed by atoms with van der Waals surface area (Å²) in [6, 6.07) is 5.33. The van der Waals surface area contributed by atoms with Gasteiger partial charge in [0, 0.05) is 25.0 Å². The van der Waals surface area contributed by atoms with Gasteiger partial charge in [-0.3, -0.25) is 9.59 Å². The molecule has 1 aromatic heterocycles. The summed E-state index contributed by atoms with van der Waals surface area (Å²) in [5.74, 6) is -1.09. The fourth-order valence-corrected chi connectivity index (χ4v) is 2.80. The van der Waals surface area contributed by atoms with Crippen molar-refractivity contribution >= 4 is 46.3 Å². The van der Waals surface area contributed by atoms with Crippen LogP contribution in [0.25, 0.3) is 11.0 Å². The number of aliphatic carboxylic acids is 1. The fraction of sp³-hybridized carbons (Fsp3) is 0.308. The molecule has 0 spiro atoms. The van der Waals surface area contributed by atoms with E-state index in [2.05, 4.69) is 10.3 Å². The quantitative estimate of drug-likeness (QED) is 0.793. The second-order valence-electron chi connectivity index (χ2n) is 4.34. The molecule has 1 aromatic carbocycles. The summed E-state index contributed by atoms with van der Waals surface area (Å²) in [7, 11) is 0. The summed E-state index contributed by atoms with van der Waals surface area (Å²) in [6.07, 6.45) is 0. The van der Waals surface area contributed by atoms with E-state index in [1.807, 2.05) is 10.6 Å². The van der Waals surface area contributed by atoms with Crippen LogP contribution in [0.1, 0.15) is 6.92 Å². The molecule has 6 nitrogen and oxygen atoms in total. The Labute approximate surface area is 130 Å². The number of carbonyl (C=O) groups excluding carboxylic acids is 1. The SMILES string of the molecule is CC(=O)NCCn1c(SCC(=O)O)nc2cc(Cl)ccc21. The fourth-order valence-electron chi connectivity index (χ4n) is 1.88. The first kappa shape index (κ1) is 15.7. The predicted octanol–water partition coefficient (Wildman–Crippen LogP) is 2.00. The Balaban J connectivity index is 2.29. The number of fused-ring (bicyclic) bond motifs is 1. The van der Waals surface area contributed by atoms with Gasteiger partial charge in [0.2, 0.25) is 5.91 Å². The van der Waals surface area contributed by atoms with E-state index in [0.717, 1.165) is 17.3 Å². The van der Waals surface area contributed by atoms with Crippen LogP contribution in [-0.2, 0) is 16.1 Å². The summed E-state index contributed by atoms with van der Waals surface area (Å²) in [4.78, 5) is 26.1. The highest BCUT2D eigenvalue weighted by atomic mass is 35.5. The highest BCUT2D eigenvalue weighted by molar-refractivity contribution is 7.99. The number of benzene rings is 1. The first-order valence-electron chi connectivity index (χ1n) is 6.22. The molecule has 0 saturated heterocycles. The number of hydrogen-bond donors (Lipinski definition) is 2. The number of nitrogens with one attached hydrogen (secondary N) is 1. The Kier molecular flexibility index (Phi) is 5.08. The zero-order valence-electron chi connectivity index (χ0n) is 11.3. The van der Waals surface area contributed by atoms with Gasteiger partial charge in [-0.05, 0) is 18.2 Å². The number of rotatable bonds is 6. The lowest BCUT2D eigenvalue weighted by Gasteiger charge is -2.08. The minimum absolute atomic E-state index is 0.0722. The largest absolute Gasteiger partial charge is 0.481 e.